The monoisotopic (exact) mass is 258 g/mol. The molecule has 0 saturated heterocycles. The molecule has 0 aliphatic carbocycles. The van der Waals surface area contributed by atoms with E-state index in [0.717, 1.165) is 12.8 Å². The molecule has 0 aliphatic heterocycles. The second-order valence-electron chi connectivity index (χ2n) is 4.89. The normalized spacial score (nSPS) is 10.5. The summed E-state index contributed by atoms with van der Waals surface area (Å²) in [7, 11) is 0. The summed E-state index contributed by atoms with van der Waals surface area (Å²) in [5.41, 5.74) is 4.36. The van der Waals surface area contributed by atoms with Gasteiger partial charge >= 0.3 is 0 Å². The Morgan fingerprint density at radius 2 is 1.53 bits per heavy atom. The summed E-state index contributed by atoms with van der Waals surface area (Å²) < 4.78 is 0. The van der Waals surface area contributed by atoms with Crippen molar-refractivity contribution in [1.82, 2.24) is 0 Å². The Balaban J connectivity index is 0.00000154. The van der Waals surface area contributed by atoms with E-state index in [9.17, 15) is 0 Å². The average molecular weight is 258 g/mol. The van der Waals surface area contributed by atoms with Crippen molar-refractivity contribution in [1.29, 1.82) is 0 Å². The Morgan fingerprint density at radius 3 is 2.11 bits per heavy atom. The van der Waals surface area contributed by atoms with Gasteiger partial charge in [0.15, 0.2) is 0 Å². The molecule has 0 amide bonds. The maximum Gasteiger partial charge on any atom is -0.0244 e. The predicted molar refractivity (Wildman–Crippen MR) is 88.5 cm³/mol. The van der Waals surface area contributed by atoms with E-state index in [-0.39, 0.29) is 0 Å². The fourth-order valence-corrected chi connectivity index (χ4v) is 1.82. The standard InChI is InChI=1S/C17H24.C2H6/c1-15(2)9-7-10-16(3)11-8-14-17-12-5-4-6-13-17;1-2/h4-6,9,11-13H,7-8,10,14H2,1-3H3;1-2H3/b16-11+;. The van der Waals surface area contributed by atoms with E-state index >= 15 is 0 Å². The summed E-state index contributed by atoms with van der Waals surface area (Å²) in [6.07, 6.45) is 9.38. The SMILES string of the molecule is CC.CC(C)=CCC/C(C)=C/CCc1ccccc1. The van der Waals surface area contributed by atoms with Gasteiger partial charge in [0.1, 0.15) is 0 Å². The first kappa shape index (κ1) is 17.7. The third-order valence-electron chi connectivity index (χ3n) is 2.86. The fraction of sp³-hybridized carbons (Fsp3) is 0.474. The number of aryl methyl sites for hydroxylation is 1. The highest BCUT2D eigenvalue weighted by molar-refractivity contribution is 5.15. The van der Waals surface area contributed by atoms with E-state index in [1.165, 1.54) is 29.6 Å². The zero-order chi connectivity index (χ0) is 14.5. The summed E-state index contributed by atoms with van der Waals surface area (Å²) >= 11 is 0. The van der Waals surface area contributed by atoms with Crippen molar-refractivity contribution in [2.75, 3.05) is 0 Å². The summed E-state index contributed by atoms with van der Waals surface area (Å²) in [4.78, 5) is 0. The average Bonchev–Trinajstić information content (AvgIpc) is 2.42. The first-order valence-corrected chi connectivity index (χ1v) is 7.51. The van der Waals surface area contributed by atoms with Crippen LogP contribution in [0.4, 0.5) is 0 Å². The Hall–Kier alpha value is -1.30. The van der Waals surface area contributed by atoms with Gasteiger partial charge in [-0.05, 0) is 52.0 Å². The van der Waals surface area contributed by atoms with Crippen LogP contribution in [0.3, 0.4) is 0 Å². The lowest BCUT2D eigenvalue weighted by molar-refractivity contribution is 0.925. The number of hydrogen-bond acceptors (Lipinski definition) is 0. The molecule has 0 N–H and O–H groups in total. The first-order valence-electron chi connectivity index (χ1n) is 7.51. The summed E-state index contributed by atoms with van der Waals surface area (Å²) in [6, 6.07) is 10.7. The van der Waals surface area contributed by atoms with Crippen molar-refractivity contribution in [3.8, 4) is 0 Å². The fourth-order valence-electron chi connectivity index (χ4n) is 1.82. The molecule has 19 heavy (non-hydrogen) atoms. The molecule has 106 valence electrons. The van der Waals surface area contributed by atoms with Crippen LogP contribution in [0.5, 0.6) is 0 Å². The topological polar surface area (TPSA) is 0 Å². The molecule has 0 saturated carbocycles. The lowest BCUT2D eigenvalue weighted by Gasteiger charge is -2.00. The highest BCUT2D eigenvalue weighted by Crippen LogP contribution is 2.09. The zero-order valence-electron chi connectivity index (χ0n) is 13.4. The molecule has 0 nitrogen and oxygen atoms in total. The summed E-state index contributed by atoms with van der Waals surface area (Å²) in [5, 5.41) is 0. The molecule has 1 rings (SSSR count). The number of benzene rings is 1. The third kappa shape index (κ3) is 10.3. The predicted octanol–water partition coefficient (Wildman–Crippen LogP) is 6.34. The molecule has 0 aliphatic rings. The van der Waals surface area contributed by atoms with Gasteiger partial charge in [-0.25, -0.2) is 0 Å². The molecule has 0 atom stereocenters. The van der Waals surface area contributed by atoms with Gasteiger partial charge in [-0.2, -0.15) is 0 Å². The molecular formula is C19H30. The van der Waals surface area contributed by atoms with Crippen LogP contribution >= 0.6 is 0 Å². The van der Waals surface area contributed by atoms with Gasteiger partial charge in [0.05, 0.1) is 0 Å². The molecule has 0 spiro atoms. The molecule has 0 heteroatoms. The van der Waals surface area contributed by atoms with Crippen molar-refractivity contribution < 1.29 is 0 Å². The van der Waals surface area contributed by atoms with Crippen molar-refractivity contribution in [3.05, 3.63) is 59.2 Å². The van der Waals surface area contributed by atoms with Crippen LogP contribution in [-0.2, 0) is 6.42 Å². The zero-order valence-corrected chi connectivity index (χ0v) is 13.4. The smallest absolute Gasteiger partial charge is 0.0244 e. The van der Waals surface area contributed by atoms with Crippen LogP contribution in [0.15, 0.2) is 53.6 Å². The van der Waals surface area contributed by atoms with Crippen LogP contribution in [-0.4, -0.2) is 0 Å². The lowest BCUT2D eigenvalue weighted by Crippen LogP contribution is -1.83. The van der Waals surface area contributed by atoms with Crippen LogP contribution in [0.1, 0.15) is 59.4 Å². The van der Waals surface area contributed by atoms with Gasteiger partial charge in [-0.3, -0.25) is 0 Å². The Kier molecular flexibility index (Phi) is 11.0. The van der Waals surface area contributed by atoms with Gasteiger partial charge in [-0.1, -0.05) is 67.5 Å². The molecule has 1 aromatic rings. The minimum absolute atomic E-state index is 1.15. The second-order valence-corrected chi connectivity index (χ2v) is 4.89. The lowest BCUT2D eigenvalue weighted by atomic mass is 10.1. The van der Waals surface area contributed by atoms with E-state index in [1.807, 2.05) is 13.8 Å². The third-order valence-corrected chi connectivity index (χ3v) is 2.86. The van der Waals surface area contributed by atoms with Gasteiger partial charge < -0.3 is 0 Å². The molecule has 0 heterocycles. The minimum atomic E-state index is 1.15. The van der Waals surface area contributed by atoms with Crippen LogP contribution < -0.4 is 0 Å². The van der Waals surface area contributed by atoms with E-state index in [2.05, 4.69) is 63.3 Å². The van der Waals surface area contributed by atoms with E-state index in [4.69, 9.17) is 0 Å². The minimum Gasteiger partial charge on any atom is -0.0856 e. The van der Waals surface area contributed by atoms with Gasteiger partial charge in [-0.15, -0.1) is 0 Å². The molecule has 0 fully saturated rings. The Morgan fingerprint density at radius 1 is 0.895 bits per heavy atom. The number of hydrogen-bond donors (Lipinski definition) is 0. The second kappa shape index (κ2) is 11.8. The molecule has 0 bridgehead atoms. The number of allylic oxidation sites excluding steroid dienone is 4. The first-order chi connectivity index (χ1) is 9.18. The largest absolute Gasteiger partial charge is 0.0856 e. The van der Waals surface area contributed by atoms with E-state index < -0.39 is 0 Å². The van der Waals surface area contributed by atoms with Crippen LogP contribution in [0.2, 0.25) is 0 Å². The molecule has 0 unspecified atom stereocenters. The summed E-state index contributed by atoms with van der Waals surface area (Å²) in [5.74, 6) is 0. The van der Waals surface area contributed by atoms with Crippen molar-refractivity contribution in [2.24, 2.45) is 0 Å². The van der Waals surface area contributed by atoms with Crippen LogP contribution in [0, 0.1) is 0 Å². The summed E-state index contributed by atoms with van der Waals surface area (Å²) in [6.45, 7) is 10.6. The Labute approximate surface area is 120 Å². The molecule has 0 radical (unpaired) electrons. The molecule has 1 aromatic carbocycles. The van der Waals surface area contributed by atoms with Crippen molar-refractivity contribution >= 4 is 0 Å². The van der Waals surface area contributed by atoms with Gasteiger partial charge in [0, 0.05) is 0 Å². The van der Waals surface area contributed by atoms with Gasteiger partial charge in [0.2, 0.25) is 0 Å². The maximum absolute atomic E-state index is 2.38. The maximum atomic E-state index is 2.38. The quantitative estimate of drug-likeness (QED) is 0.522. The van der Waals surface area contributed by atoms with Crippen molar-refractivity contribution in [3.63, 3.8) is 0 Å². The van der Waals surface area contributed by atoms with Crippen molar-refractivity contribution in [2.45, 2.75) is 60.3 Å². The highest BCUT2D eigenvalue weighted by Gasteiger charge is 1.91. The molecule has 0 aromatic heterocycles. The van der Waals surface area contributed by atoms with Crippen LogP contribution in [0.25, 0.3) is 0 Å². The highest BCUT2D eigenvalue weighted by atomic mass is 14.0. The number of rotatable bonds is 6. The van der Waals surface area contributed by atoms with Gasteiger partial charge in [0.25, 0.3) is 0 Å². The van der Waals surface area contributed by atoms with E-state index in [1.54, 1.807) is 0 Å². The Bertz CT molecular complexity index is 364. The molecular weight excluding hydrogens is 228 g/mol. The van der Waals surface area contributed by atoms with E-state index in [0.29, 0.717) is 0 Å².